The third kappa shape index (κ3) is 5.57. The van der Waals surface area contributed by atoms with Crippen molar-refractivity contribution in [1.82, 2.24) is 0 Å². The van der Waals surface area contributed by atoms with Crippen LogP contribution in [0.2, 0.25) is 0 Å². The molecule has 0 spiro atoms. The molecule has 0 amide bonds. The zero-order valence-corrected chi connectivity index (χ0v) is 6.30. The van der Waals surface area contributed by atoms with E-state index in [1.165, 1.54) is 0 Å². The van der Waals surface area contributed by atoms with Crippen LogP contribution in [0.3, 0.4) is 0 Å². The van der Waals surface area contributed by atoms with E-state index in [2.05, 4.69) is 6.92 Å². The number of aliphatic hydroxyl groups is 1. The highest BCUT2D eigenvalue weighted by Gasteiger charge is 1.89. The van der Waals surface area contributed by atoms with Gasteiger partial charge in [0.25, 0.3) is 0 Å². The zero-order valence-electron chi connectivity index (χ0n) is 6.30. The van der Waals surface area contributed by atoms with Crippen molar-refractivity contribution < 1.29 is 5.11 Å². The van der Waals surface area contributed by atoms with Crippen LogP contribution in [-0.2, 0) is 0 Å². The van der Waals surface area contributed by atoms with Gasteiger partial charge in [-0.25, -0.2) is 0 Å². The lowest BCUT2D eigenvalue weighted by Gasteiger charge is -1.97. The Hall–Kier alpha value is -0.300. The molecule has 0 aliphatic heterocycles. The largest absolute Gasteiger partial charge is 0.389 e. The number of hydrogen-bond acceptors (Lipinski definition) is 1. The second-order valence-electron chi connectivity index (χ2n) is 2.19. The highest BCUT2D eigenvalue weighted by atomic mass is 16.3. The first-order valence-corrected chi connectivity index (χ1v) is 3.66. The van der Waals surface area contributed by atoms with E-state index < -0.39 is 0 Å². The molecule has 0 aromatic carbocycles. The van der Waals surface area contributed by atoms with E-state index in [-0.39, 0.29) is 6.10 Å². The summed E-state index contributed by atoms with van der Waals surface area (Å²) in [5.74, 6) is 0. The number of hydrogen-bond donors (Lipinski definition) is 1. The molecule has 0 aliphatic carbocycles. The van der Waals surface area contributed by atoms with Gasteiger partial charge in [-0.05, 0) is 12.8 Å². The second-order valence-corrected chi connectivity index (χ2v) is 2.19. The molecule has 9 heavy (non-hydrogen) atoms. The van der Waals surface area contributed by atoms with Gasteiger partial charge in [0.1, 0.15) is 0 Å². The van der Waals surface area contributed by atoms with E-state index in [1.807, 2.05) is 19.1 Å². The Labute approximate surface area is 57.4 Å². The smallest absolute Gasteiger partial charge is 0.0718 e. The predicted molar refractivity (Wildman–Crippen MR) is 40.3 cm³/mol. The van der Waals surface area contributed by atoms with Gasteiger partial charge in [0.15, 0.2) is 0 Å². The summed E-state index contributed by atoms with van der Waals surface area (Å²) >= 11 is 0. The van der Waals surface area contributed by atoms with Crippen molar-refractivity contribution in [2.75, 3.05) is 0 Å². The van der Waals surface area contributed by atoms with Gasteiger partial charge in [-0.3, -0.25) is 0 Å². The molecule has 0 fully saturated rings. The van der Waals surface area contributed by atoms with Crippen molar-refractivity contribution in [1.29, 1.82) is 0 Å². The van der Waals surface area contributed by atoms with Gasteiger partial charge in [-0.1, -0.05) is 32.4 Å². The van der Waals surface area contributed by atoms with Crippen LogP contribution < -0.4 is 0 Å². The SMILES string of the molecule is CCC/C=C/C(O)CC. The van der Waals surface area contributed by atoms with E-state index in [0.717, 1.165) is 19.3 Å². The molecule has 54 valence electrons. The van der Waals surface area contributed by atoms with Crippen molar-refractivity contribution in [3.8, 4) is 0 Å². The third-order valence-corrected chi connectivity index (χ3v) is 1.23. The lowest BCUT2D eigenvalue weighted by molar-refractivity contribution is 0.219. The van der Waals surface area contributed by atoms with Crippen molar-refractivity contribution in [3.63, 3.8) is 0 Å². The molecule has 1 unspecified atom stereocenters. The van der Waals surface area contributed by atoms with Crippen LogP contribution in [0.5, 0.6) is 0 Å². The van der Waals surface area contributed by atoms with Crippen LogP contribution >= 0.6 is 0 Å². The quantitative estimate of drug-likeness (QED) is 0.575. The molecule has 1 nitrogen and oxygen atoms in total. The van der Waals surface area contributed by atoms with Crippen molar-refractivity contribution in [3.05, 3.63) is 12.2 Å². The predicted octanol–water partition coefficient (Wildman–Crippen LogP) is 2.11. The minimum absolute atomic E-state index is 0.225. The highest BCUT2D eigenvalue weighted by molar-refractivity contribution is 4.87. The number of allylic oxidation sites excluding steroid dienone is 1. The van der Waals surface area contributed by atoms with Crippen LogP contribution in [-0.4, -0.2) is 11.2 Å². The Kier molecular flexibility index (Phi) is 5.64. The zero-order chi connectivity index (χ0) is 7.11. The molecule has 1 heteroatoms. The minimum atomic E-state index is -0.225. The monoisotopic (exact) mass is 128 g/mol. The van der Waals surface area contributed by atoms with E-state index in [9.17, 15) is 0 Å². The van der Waals surface area contributed by atoms with Crippen molar-refractivity contribution in [2.24, 2.45) is 0 Å². The van der Waals surface area contributed by atoms with Crippen LogP contribution in [0.25, 0.3) is 0 Å². The molecular weight excluding hydrogens is 112 g/mol. The first kappa shape index (κ1) is 8.70. The number of aliphatic hydroxyl groups excluding tert-OH is 1. The fourth-order valence-corrected chi connectivity index (χ4v) is 0.556. The normalized spacial score (nSPS) is 14.6. The molecule has 1 N–H and O–H groups in total. The second kappa shape index (κ2) is 5.83. The van der Waals surface area contributed by atoms with Gasteiger partial charge in [0, 0.05) is 0 Å². The van der Waals surface area contributed by atoms with Crippen LogP contribution in [0, 0.1) is 0 Å². The molecule has 0 heterocycles. The Balaban J connectivity index is 3.20. The molecule has 0 aromatic heterocycles. The Bertz CT molecular complexity index is 76.6. The molecule has 0 rings (SSSR count). The maximum absolute atomic E-state index is 9.00. The molecule has 0 radical (unpaired) electrons. The Morgan fingerprint density at radius 3 is 2.56 bits per heavy atom. The van der Waals surface area contributed by atoms with Gasteiger partial charge < -0.3 is 5.11 Å². The summed E-state index contributed by atoms with van der Waals surface area (Å²) in [4.78, 5) is 0. The average molecular weight is 128 g/mol. The minimum Gasteiger partial charge on any atom is -0.389 e. The van der Waals surface area contributed by atoms with E-state index in [1.54, 1.807) is 0 Å². The van der Waals surface area contributed by atoms with E-state index in [4.69, 9.17) is 5.11 Å². The van der Waals surface area contributed by atoms with Gasteiger partial charge in [-0.15, -0.1) is 0 Å². The summed E-state index contributed by atoms with van der Waals surface area (Å²) in [6.07, 6.45) is 6.73. The van der Waals surface area contributed by atoms with Gasteiger partial charge in [0.05, 0.1) is 6.10 Å². The highest BCUT2D eigenvalue weighted by Crippen LogP contribution is 1.94. The topological polar surface area (TPSA) is 20.2 Å². The third-order valence-electron chi connectivity index (χ3n) is 1.23. The fourth-order valence-electron chi connectivity index (χ4n) is 0.556. The molecule has 0 saturated carbocycles. The maximum atomic E-state index is 9.00. The molecule has 0 aliphatic rings. The molecule has 0 bridgehead atoms. The lowest BCUT2D eigenvalue weighted by atomic mass is 10.2. The van der Waals surface area contributed by atoms with Crippen LogP contribution in [0.15, 0.2) is 12.2 Å². The van der Waals surface area contributed by atoms with E-state index in [0.29, 0.717) is 0 Å². The lowest BCUT2D eigenvalue weighted by Crippen LogP contribution is -1.97. The van der Waals surface area contributed by atoms with Crippen molar-refractivity contribution >= 4 is 0 Å². The van der Waals surface area contributed by atoms with Gasteiger partial charge in [-0.2, -0.15) is 0 Å². The fraction of sp³-hybridized carbons (Fsp3) is 0.750. The summed E-state index contributed by atoms with van der Waals surface area (Å²) in [5, 5.41) is 9.00. The van der Waals surface area contributed by atoms with Gasteiger partial charge in [0.2, 0.25) is 0 Å². The summed E-state index contributed by atoms with van der Waals surface area (Å²) in [6, 6.07) is 0. The average Bonchev–Trinajstić information content (AvgIpc) is 1.89. The molecule has 1 atom stereocenters. The standard InChI is InChI=1S/C8H16O/c1-3-5-6-7-8(9)4-2/h6-9H,3-5H2,1-2H3/b7-6+. The van der Waals surface area contributed by atoms with E-state index >= 15 is 0 Å². The summed E-state index contributed by atoms with van der Waals surface area (Å²) in [5.41, 5.74) is 0. The molecule has 0 aromatic rings. The molecular formula is C8H16O. The summed E-state index contributed by atoms with van der Waals surface area (Å²) in [6.45, 7) is 4.10. The summed E-state index contributed by atoms with van der Waals surface area (Å²) < 4.78 is 0. The van der Waals surface area contributed by atoms with Crippen LogP contribution in [0.1, 0.15) is 33.1 Å². The summed E-state index contributed by atoms with van der Waals surface area (Å²) in [7, 11) is 0. The van der Waals surface area contributed by atoms with Gasteiger partial charge >= 0.3 is 0 Å². The Morgan fingerprint density at radius 1 is 1.44 bits per heavy atom. The maximum Gasteiger partial charge on any atom is 0.0718 e. The molecule has 0 saturated heterocycles. The number of unbranched alkanes of at least 4 members (excludes halogenated alkanes) is 1. The number of rotatable bonds is 4. The van der Waals surface area contributed by atoms with Crippen LogP contribution in [0.4, 0.5) is 0 Å². The Morgan fingerprint density at radius 2 is 2.11 bits per heavy atom. The van der Waals surface area contributed by atoms with Crippen molar-refractivity contribution in [2.45, 2.75) is 39.2 Å². The first-order valence-electron chi connectivity index (χ1n) is 3.66. The first-order chi connectivity index (χ1) is 4.31.